The fourth-order valence-corrected chi connectivity index (χ4v) is 2.59. The van der Waals surface area contributed by atoms with Crippen LogP contribution in [0.5, 0.6) is 0 Å². The van der Waals surface area contributed by atoms with E-state index >= 15 is 0 Å². The van der Waals surface area contributed by atoms with Crippen molar-refractivity contribution in [3.8, 4) is 0 Å². The van der Waals surface area contributed by atoms with Crippen LogP contribution in [0, 0.1) is 0 Å². The Hall–Kier alpha value is -2.09. The summed E-state index contributed by atoms with van der Waals surface area (Å²) in [5.74, 6) is 0.944. The van der Waals surface area contributed by atoms with Crippen molar-refractivity contribution < 1.29 is 9.73 Å². The number of aryl methyl sites for hydroxylation is 1. The van der Waals surface area contributed by atoms with E-state index in [0.717, 1.165) is 38.3 Å². The van der Waals surface area contributed by atoms with E-state index in [1.54, 1.807) is 0 Å². The van der Waals surface area contributed by atoms with Crippen LogP contribution in [0.25, 0.3) is 0 Å². The van der Waals surface area contributed by atoms with Crippen LogP contribution in [-0.4, -0.2) is 19.0 Å². The molecule has 0 aliphatic carbocycles. The van der Waals surface area contributed by atoms with Gasteiger partial charge in [-0.15, -0.1) is 0 Å². The first-order valence-corrected chi connectivity index (χ1v) is 7.29. The Morgan fingerprint density at radius 1 is 0.950 bits per heavy atom. The van der Waals surface area contributed by atoms with Crippen LogP contribution in [0.1, 0.15) is 23.1 Å². The van der Waals surface area contributed by atoms with Crippen LogP contribution < -0.4 is 4.99 Å². The van der Waals surface area contributed by atoms with Gasteiger partial charge in [0.15, 0.2) is 0 Å². The van der Waals surface area contributed by atoms with Crippen molar-refractivity contribution in [1.29, 1.82) is 0 Å². The van der Waals surface area contributed by atoms with E-state index in [2.05, 4.69) is 59.6 Å². The molecule has 0 atom stereocenters. The Labute approximate surface area is 120 Å². The summed E-state index contributed by atoms with van der Waals surface area (Å²) in [5, 5.41) is 0. The molecule has 0 radical (unpaired) electrons. The van der Waals surface area contributed by atoms with Gasteiger partial charge in [-0.25, -0.2) is 4.99 Å². The minimum Gasteiger partial charge on any atom is -0.444 e. The topological polar surface area (TPSA) is 23.2 Å². The van der Waals surface area contributed by atoms with Crippen LogP contribution >= 0.6 is 0 Å². The predicted octanol–water partition coefficient (Wildman–Crippen LogP) is 1.72. The van der Waals surface area contributed by atoms with Crippen LogP contribution in [0.4, 0.5) is 0 Å². The molecule has 1 N–H and O–H groups in total. The van der Waals surface area contributed by atoms with Crippen LogP contribution in [0.3, 0.4) is 0 Å². The minimum absolute atomic E-state index is 0.776. The van der Waals surface area contributed by atoms with E-state index in [1.165, 1.54) is 16.7 Å². The summed E-state index contributed by atoms with van der Waals surface area (Å²) in [6.07, 6.45) is 3.22. The molecule has 0 fully saturated rings. The summed E-state index contributed by atoms with van der Waals surface area (Å²) < 4.78 is 5.76. The van der Waals surface area contributed by atoms with E-state index in [0.29, 0.717) is 0 Å². The third-order valence-electron chi connectivity index (χ3n) is 3.65. The summed E-state index contributed by atoms with van der Waals surface area (Å²) >= 11 is 0. The molecule has 3 rings (SSSR count). The number of benzene rings is 2. The first-order chi connectivity index (χ1) is 9.93. The van der Waals surface area contributed by atoms with Crippen molar-refractivity contribution >= 4 is 5.90 Å². The third kappa shape index (κ3) is 3.08. The van der Waals surface area contributed by atoms with Crippen molar-refractivity contribution in [1.82, 2.24) is 0 Å². The zero-order chi connectivity index (χ0) is 13.6. The number of ether oxygens (including phenoxy) is 1. The second-order valence-electron chi connectivity index (χ2n) is 5.10. The third-order valence-corrected chi connectivity index (χ3v) is 3.65. The molecule has 2 heteroatoms. The maximum Gasteiger partial charge on any atom is 0.368 e. The monoisotopic (exact) mass is 266 g/mol. The van der Waals surface area contributed by atoms with E-state index in [1.807, 2.05) is 0 Å². The summed E-state index contributed by atoms with van der Waals surface area (Å²) in [4.78, 5) is 3.44. The van der Waals surface area contributed by atoms with E-state index in [4.69, 9.17) is 4.74 Å². The summed E-state index contributed by atoms with van der Waals surface area (Å²) in [5.41, 5.74) is 3.99. The Bertz CT molecular complexity index is 589. The highest BCUT2D eigenvalue weighted by molar-refractivity contribution is 5.92. The Balaban J connectivity index is 1.60. The zero-order valence-corrected chi connectivity index (χ0v) is 11.6. The molecule has 1 aliphatic rings. The van der Waals surface area contributed by atoms with Crippen LogP contribution in [0.15, 0.2) is 54.6 Å². The fourth-order valence-electron chi connectivity index (χ4n) is 2.59. The number of fused-ring (bicyclic) bond motifs is 1. The number of nitrogens with one attached hydrogen (secondary N) is 1. The van der Waals surface area contributed by atoms with Crippen LogP contribution in [-0.2, 0) is 17.6 Å². The Morgan fingerprint density at radius 3 is 2.65 bits per heavy atom. The number of rotatable bonds is 4. The van der Waals surface area contributed by atoms with Gasteiger partial charge >= 0.3 is 5.90 Å². The zero-order valence-electron chi connectivity index (χ0n) is 11.6. The summed E-state index contributed by atoms with van der Waals surface area (Å²) in [6, 6.07) is 19.1. The summed E-state index contributed by atoms with van der Waals surface area (Å²) in [7, 11) is 0. The molecule has 1 aliphatic heterocycles. The Kier molecular flexibility index (Phi) is 4.12. The maximum atomic E-state index is 5.76. The molecule has 0 bridgehead atoms. The van der Waals surface area contributed by atoms with Crippen LogP contribution in [0.2, 0.25) is 0 Å². The van der Waals surface area contributed by atoms with Crippen molar-refractivity contribution in [2.45, 2.75) is 19.3 Å². The second kappa shape index (κ2) is 6.38. The Morgan fingerprint density at radius 2 is 1.75 bits per heavy atom. The fraction of sp³-hybridized carbons (Fsp3) is 0.278. The molecular formula is C18H20NO+. The van der Waals surface area contributed by atoms with Crippen molar-refractivity contribution in [2.75, 3.05) is 13.2 Å². The van der Waals surface area contributed by atoms with Crippen molar-refractivity contribution in [3.63, 3.8) is 0 Å². The van der Waals surface area contributed by atoms with Gasteiger partial charge in [-0.2, -0.15) is 0 Å². The number of hydrogen-bond donors (Lipinski definition) is 1. The van der Waals surface area contributed by atoms with Crippen molar-refractivity contribution in [3.05, 3.63) is 71.3 Å². The average molecular weight is 266 g/mol. The van der Waals surface area contributed by atoms with Gasteiger partial charge in [-0.1, -0.05) is 48.5 Å². The molecule has 2 nitrogen and oxygen atoms in total. The van der Waals surface area contributed by atoms with Gasteiger partial charge in [-0.05, 0) is 23.6 Å². The SMILES string of the molecule is c1ccc(CCC[NH+]=C2OCCc3ccccc32)cc1. The molecule has 0 amide bonds. The highest BCUT2D eigenvalue weighted by Crippen LogP contribution is 2.14. The van der Waals surface area contributed by atoms with Gasteiger partial charge in [0.25, 0.3) is 0 Å². The molecule has 1 heterocycles. The molecule has 2 aromatic carbocycles. The van der Waals surface area contributed by atoms with E-state index in [9.17, 15) is 0 Å². The molecule has 2 aromatic rings. The molecule has 0 aromatic heterocycles. The molecule has 0 unspecified atom stereocenters. The highest BCUT2D eigenvalue weighted by atomic mass is 16.5. The molecular weight excluding hydrogens is 246 g/mol. The molecule has 20 heavy (non-hydrogen) atoms. The lowest BCUT2D eigenvalue weighted by atomic mass is 10.0. The largest absolute Gasteiger partial charge is 0.444 e. The van der Waals surface area contributed by atoms with Gasteiger partial charge in [0.05, 0.1) is 12.2 Å². The van der Waals surface area contributed by atoms with E-state index in [-0.39, 0.29) is 0 Å². The standard InChI is InChI=1S/C18H19NO/c1-2-7-15(8-3-1)9-6-13-19-18-17-11-5-4-10-16(17)12-14-20-18/h1-5,7-8,10-11H,6,9,12-14H2/p+1. The van der Waals surface area contributed by atoms with Crippen molar-refractivity contribution in [2.24, 2.45) is 0 Å². The predicted molar refractivity (Wildman–Crippen MR) is 80.8 cm³/mol. The van der Waals surface area contributed by atoms with Gasteiger partial charge in [-0.3, -0.25) is 0 Å². The molecule has 102 valence electrons. The highest BCUT2D eigenvalue weighted by Gasteiger charge is 2.20. The van der Waals surface area contributed by atoms with Gasteiger partial charge in [0.2, 0.25) is 0 Å². The first-order valence-electron chi connectivity index (χ1n) is 7.29. The second-order valence-corrected chi connectivity index (χ2v) is 5.10. The van der Waals surface area contributed by atoms with Gasteiger partial charge in [0, 0.05) is 12.8 Å². The lowest BCUT2D eigenvalue weighted by Crippen LogP contribution is -2.74. The molecule has 0 saturated carbocycles. The average Bonchev–Trinajstić information content (AvgIpc) is 2.53. The lowest BCUT2D eigenvalue weighted by molar-refractivity contribution is -0.467. The smallest absolute Gasteiger partial charge is 0.368 e. The quantitative estimate of drug-likeness (QED) is 0.837. The molecule has 0 spiro atoms. The minimum atomic E-state index is 0.776. The molecule has 0 saturated heterocycles. The van der Waals surface area contributed by atoms with Gasteiger partial charge < -0.3 is 4.74 Å². The number of hydrogen-bond acceptors (Lipinski definition) is 1. The van der Waals surface area contributed by atoms with E-state index < -0.39 is 0 Å². The summed E-state index contributed by atoms with van der Waals surface area (Å²) in [6.45, 7) is 1.72. The normalized spacial score (nSPS) is 15.7. The maximum absolute atomic E-state index is 5.76. The first kappa shape index (κ1) is 12.9. The van der Waals surface area contributed by atoms with Gasteiger partial charge in [0.1, 0.15) is 6.54 Å². The lowest BCUT2D eigenvalue weighted by Gasteiger charge is -2.14.